The zero-order valence-corrected chi connectivity index (χ0v) is 10.3. The van der Waals surface area contributed by atoms with Gasteiger partial charge in [-0.2, -0.15) is 0 Å². The molecule has 0 aliphatic carbocycles. The monoisotopic (exact) mass is 228 g/mol. The third kappa shape index (κ3) is 2.52. The van der Waals surface area contributed by atoms with Gasteiger partial charge in [-0.1, -0.05) is 6.92 Å². The minimum atomic E-state index is -0.764. The molecule has 0 radical (unpaired) electrons. The van der Waals surface area contributed by atoms with E-state index in [-0.39, 0.29) is 23.8 Å². The number of carboxylic acids is 1. The highest BCUT2D eigenvalue weighted by Crippen LogP contribution is 2.25. The van der Waals surface area contributed by atoms with Crippen LogP contribution < -0.4 is 0 Å². The first-order valence-corrected chi connectivity index (χ1v) is 5.52. The molecular weight excluding hydrogens is 208 g/mol. The maximum Gasteiger partial charge on any atom is 0.308 e. The van der Waals surface area contributed by atoms with Gasteiger partial charge in [0.1, 0.15) is 0 Å². The third-order valence-electron chi connectivity index (χ3n) is 3.30. The summed E-state index contributed by atoms with van der Waals surface area (Å²) in [7, 11) is 3.43. The van der Waals surface area contributed by atoms with Gasteiger partial charge in [0.25, 0.3) is 0 Å². The number of nitrogens with zero attached hydrogens (tertiary/aromatic N) is 2. The SMILES string of the molecule is CC1CN(C(C)C(=O)N(C)C)CC1C(=O)O. The standard InChI is InChI=1S/C11H20N2O3/c1-7-5-13(6-9(7)11(15)16)8(2)10(14)12(3)4/h7-9H,5-6H2,1-4H3,(H,15,16). The Labute approximate surface area is 96.0 Å². The Morgan fingerprint density at radius 3 is 2.31 bits per heavy atom. The summed E-state index contributed by atoms with van der Waals surface area (Å²) >= 11 is 0. The summed E-state index contributed by atoms with van der Waals surface area (Å²) in [5.74, 6) is -0.981. The number of carbonyl (C=O) groups excluding carboxylic acids is 1. The van der Waals surface area contributed by atoms with Gasteiger partial charge < -0.3 is 10.0 Å². The molecule has 1 saturated heterocycles. The van der Waals surface area contributed by atoms with Gasteiger partial charge in [0.2, 0.25) is 5.91 Å². The van der Waals surface area contributed by atoms with E-state index in [1.807, 2.05) is 18.7 Å². The summed E-state index contributed by atoms with van der Waals surface area (Å²) in [6.45, 7) is 4.90. The van der Waals surface area contributed by atoms with Crippen molar-refractivity contribution in [3.8, 4) is 0 Å². The number of amides is 1. The number of carboxylic acid groups (broad SMARTS) is 1. The molecule has 0 bridgehead atoms. The van der Waals surface area contributed by atoms with E-state index < -0.39 is 5.97 Å². The van der Waals surface area contributed by atoms with E-state index in [9.17, 15) is 9.59 Å². The van der Waals surface area contributed by atoms with E-state index in [1.165, 1.54) is 0 Å². The first-order chi connectivity index (χ1) is 7.34. The van der Waals surface area contributed by atoms with Crippen molar-refractivity contribution in [1.29, 1.82) is 0 Å². The minimum Gasteiger partial charge on any atom is -0.481 e. The summed E-state index contributed by atoms with van der Waals surface area (Å²) in [6, 6.07) is -0.234. The molecule has 16 heavy (non-hydrogen) atoms. The summed E-state index contributed by atoms with van der Waals surface area (Å²) in [5, 5.41) is 9.01. The number of rotatable bonds is 3. The predicted molar refractivity (Wildman–Crippen MR) is 60.0 cm³/mol. The molecule has 1 fully saturated rings. The molecule has 0 aromatic rings. The number of hydrogen-bond acceptors (Lipinski definition) is 3. The van der Waals surface area contributed by atoms with Crippen LogP contribution in [0.25, 0.3) is 0 Å². The van der Waals surface area contributed by atoms with E-state index in [0.29, 0.717) is 13.1 Å². The highest BCUT2D eigenvalue weighted by Gasteiger charge is 2.38. The molecule has 92 valence electrons. The molecule has 1 amide bonds. The largest absolute Gasteiger partial charge is 0.481 e. The molecule has 0 aromatic carbocycles. The quantitative estimate of drug-likeness (QED) is 0.745. The molecule has 3 unspecified atom stereocenters. The fourth-order valence-electron chi connectivity index (χ4n) is 2.17. The van der Waals surface area contributed by atoms with Crippen molar-refractivity contribution in [2.75, 3.05) is 27.2 Å². The van der Waals surface area contributed by atoms with Gasteiger partial charge in [-0.25, -0.2) is 0 Å². The number of hydrogen-bond donors (Lipinski definition) is 1. The van der Waals surface area contributed by atoms with E-state index >= 15 is 0 Å². The summed E-state index contributed by atoms with van der Waals surface area (Å²) in [5.41, 5.74) is 0. The lowest BCUT2D eigenvalue weighted by Crippen LogP contribution is -2.43. The second-order valence-electron chi connectivity index (χ2n) is 4.78. The fourth-order valence-corrected chi connectivity index (χ4v) is 2.17. The summed E-state index contributed by atoms with van der Waals surface area (Å²) in [4.78, 5) is 26.2. The third-order valence-corrected chi connectivity index (χ3v) is 3.30. The van der Waals surface area contributed by atoms with Crippen LogP contribution in [0.1, 0.15) is 13.8 Å². The lowest BCUT2D eigenvalue weighted by molar-refractivity contribution is -0.142. The van der Waals surface area contributed by atoms with Gasteiger partial charge >= 0.3 is 5.97 Å². The first-order valence-electron chi connectivity index (χ1n) is 5.52. The Balaban J connectivity index is 2.65. The van der Waals surface area contributed by atoms with E-state index in [0.717, 1.165) is 0 Å². The van der Waals surface area contributed by atoms with Crippen molar-refractivity contribution in [2.45, 2.75) is 19.9 Å². The molecular formula is C11H20N2O3. The topological polar surface area (TPSA) is 60.9 Å². The highest BCUT2D eigenvalue weighted by molar-refractivity contribution is 5.81. The molecule has 1 rings (SSSR count). The van der Waals surface area contributed by atoms with Gasteiger partial charge in [-0.15, -0.1) is 0 Å². The average Bonchev–Trinajstić information content (AvgIpc) is 2.58. The van der Waals surface area contributed by atoms with Crippen LogP contribution in [-0.4, -0.2) is 60.0 Å². The second-order valence-corrected chi connectivity index (χ2v) is 4.78. The Hall–Kier alpha value is -1.10. The summed E-state index contributed by atoms with van der Waals surface area (Å²) in [6.07, 6.45) is 0. The Kier molecular flexibility index (Phi) is 3.91. The minimum absolute atomic E-state index is 0.0261. The zero-order chi connectivity index (χ0) is 12.5. The Morgan fingerprint density at radius 2 is 1.94 bits per heavy atom. The Bertz CT molecular complexity index is 291. The molecule has 1 N–H and O–H groups in total. The number of aliphatic carboxylic acids is 1. The van der Waals surface area contributed by atoms with Gasteiger partial charge in [0.15, 0.2) is 0 Å². The van der Waals surface area contributed by atoms with Crippen molar-refractivity contribution in [3.63, 3.8) is 0 Å². The first kappa shape index (κ1) is 13.0. The number of likely N-dealkylation sites (N-methyl/N-ethyl adjacent to an activating group) is 1. The van der Waals surface area contributed by atoms with E-state index in [4.69, 9.17) is 5.11 Å². The molecule has 0 spiro atoms. The molecule has 3 atom stereocenters. The lowest BCUT2D eigenvalue weighted by atomic mass is 9.99. The van der Waals surface area contributed by atoms with Crippen LogP contribution >= 0.6 is 0 Å². The van der Waals surface area contributed by atoms with E-state index in [1.54, 1.807) is 19.0 Å². The molecule has 1 aliphatic heterocycles. The lowest BCUT2D eigenvalue weighted by Gasteiger charge is -2.25. The van der Waals surface area contributed by atoms with Crippen LogP contribution in [0.5, 0.6) is 0 Å². The van der Waals surface area contributed by atoms with Crippen molar-refractivity contribution in [2.24, 2.45) is 11.8 Å². The zero-order valence-electron chi connectivity index (χ0n) is 10.3. The van der Waals surface area contributed by atoms with Crippen molar-refractivity contribution in [1.82, 2.24) is 9.80 Å². The van der Waals surface area contributed by atoms with Crippen LogP contribution in [0.15, 0.2) is 0 Å². The van der Waals surface area contributed by atoms with Crippen LogP contribution in [0.4, 0.5) is 0 Å². The van der Waals surface area contributed by atoms with Crippen LogP contribution in [-0.2, 0) is 9.59 Å². The van der Waals surface area contributed by atoms with Gasteiger partial charge in [0.05, 0.1) is 12.0 Å². The maximum absolute atomic E-state index is 11.7. The van der Waals surface area contributed by atoms with Gasteiger partial charge in [-0.3, -0.25) is 14.5 Å². The van der Waals surface area contributed by atoms with Crippen LogP contribution in [0, 0.1) is 11.8 Å². The van der Waals surface area contributed by atoms with E-state index in [2.05, 4.69) is 0 Å². The van der Waals surface area contributed by atoms with Crippen molar-refractivity contribution >= 4 is 11.9 Å². The smallest absolute Gasteiger partial charge is 0.308 e. The second kappa shape index (κ2) is 4.82. The molecule has 5 heteroatoms. The molecule has 1 heterocycles. The maximum atomic E-state index is 11.7. The van der Waals surface area contributed by atoms with Crippen molar-refractivity contribution in [3.05, 3.63) is 0 Å². The Morgan fingerprint density at radius 1 is 1.38 bits per heavy atom. The number of carbonyl (C=O) groups is 2. The van der Waals surface area contributed by atoms with Crippen molar-refractivity contribution < 1.29 is 14.7 Å². The van der Waals surface area contributed by atoms with Gasteiger partial charge in [0, 0.05) is 27.2 Å². The van der Waals surface area contributed by atoms with Gasteiger partial charge in [-0.05, 0) is 12.8 Å². The molecule has 0 saturated carbocycles. The average molecular weight is 228 g/mol. The van der Waals surface area contributed by atoms with Crippen LogP contribution in [0.2, 0.25) is 0 Å². The molecule has 5 nitrogen and oxygen atoms in total. The summed E-state index contributed by atoms with van der Waals surface area (Å²) < 4.78 is 0. The molecule has 0 aromatic heterocycles. The predicted octanol–water partition coefficient (Wildman–Crippen LogP) is 0.116. The van der Waals surface area contributed by atoms with Crippen LogP contribution in [0.3, 0.4) is 0 Å². The number of likely N-dealkylation sites (tertiary alicyclic amines) is 1. The molecule has 1 aliphatic rings. The normalized spacial score (nSPS) is 27.8. The highest BCUT2D eigenvalue weighted by atomic mass is 16.4. The fraction of sp³-hybridized carbons (Fsp3) is 0.818.